The van der Waals surface area contributed by atoms with Gasteiger partial charge in [-0.3, -0.25) is 4.79 Å². The predicted octanol–water partition coefficient (Wildman–Crippen LogP) is 3.84. The summed E-state index contributed by atoms with van der Waals surface area (Å²) in [4.78, 5) is 11.1. The fraction of sp³-hybridized carbons (Fsp3) is 0.357. The minimum atomic E-state index is -0.585. The van der Waals surface area contributed by atoms with Crippen molar-refractivity contribution in [1.82, 2.24) is 0 Å². The summed E-state index contributed by atoms with van der Waals surface area (Å²) in [6.45, 7) is 1.87. The lowest BCUT2D eigenvalue weighted by Gasteiger charge is -1.98. The van der Waals surface area contributed by atoms with Crippen LogP contribution in [0.2, 0.25) is 0 Å². The molecule has 1 nitrogen and oxygen atoms in total. The number of rotatable bonds is 6. The summed E-state index contributed by atoms with van der Waals surface area (Å²) in [5.41, 5.74) is 1.16. The number of ketones is 1. The van der Waals surface area contributed by atoms with Gasteiger partial charge in [-0.2, -0.15) is 0 Å². The van der Waals surface area contributed by atoms with E-state index in [2.05, 4.69) is 0 Å². The maximum Gasteiger partial charge on any atom is 0.190 e. The second-order valence-corrected chi connectivity index (χ2v) is 3.75. The molecule has 0 heterocycles. The van der Waals surface area contributed by atoms with Crippen LogP contribution < -0.4 is 0 Å². The van der Waals surface area contributed by atoms with E-state index in [-0.39, 0.29) is 5.78 Å². The summed E-state index contributed by atoms with van der Waals surface area (Å²) < 4.78 is 13.2. The summed E-state index contributed by atoms with van der Waals surface area (Å²) in [7, 11) is 0. The van der Waals surface area contributed by atoms with E-state index in [0.717, 1.165) is 12.0 Å². The van der Waals surface area contributed by atoms with Gasteiger partial charge >= 0.3 is 0 Å². The summed E-state index contributed by atoms with van der Waals surface area (Å²) >= 11 is 0. The van der Waals surface area contributed by atoms with Crippen LogP contribution in [-0.4, -0.2) is 5.78 Å². The lowest BCUT2D eigenvalue weighted by atomic mass is 10.1. The van der Waals surface area contributed by atoms with Crippen molar-refractivity contribution in [3.63, 3.8) is 0 Å². The fourth-order valence-corrected chi connectivity index (χ4v) is 1.47. The molecule has 16 heavy (non-hydrogen) atoms. The Kier molecular flexibility index (Phi) is 5.48. The third kappa shape index (κ3) is 4.39. The molecule has 1 aromatic rings. The molecule has 0 radical (unpaired) electrons. The number of Topliss-reactive ketones (excluding diaryl/α,β-unsaturated/α-hetero) is 1. The van der Waals surface area contributed by atoms with E-state index in [0.29, 0.717) is 19.3 Å². The monoisotopic (exact) mass is 220 g/mol. The zero-order valence-corrected chi connectivity index (χ0v) is 9.58. The average molecular weight is 220 g/mol. The molecule has 0 atom stereocenters. The maximum absolute atomic E-state index is 13.2. The molecular weight excluding hydrogens is 203 g/mol. The molecule has 0 aliphatic heterocycles. The summed E-state index contributed by atoms with van der Waals surface area (Å²) in [5, 5.41) is 0. The Balaban J connectivity index is 2.39. The van der Waals surface area contributed by atoms with E-state index >= 15 is 0 Å². The van der Waals surface area contributed by atoms with Gasteiger partial charge < -0.3 is 0 Å². The van der Waals surface area contributed by atoms with Gasteiger partial charge in [-0.1, -0.05) is 37.3 Å². The molecule has 86 valence electrons. The van der Waals surface area contributed by atoms with Crippen LogP contribution in [0.3, 0.4) is 0 Å². The second-order valence-electron chi connectivity index (χ2n) is 3.75. The Bertz CT molecular complexity index is 354. The van der Waals surface area contributed by atoms with E-state index in [1.165, 1.54) is 6.08 Å². The van der Waals surface area contributed by atoms with Gasteiger partial charge in [0.25, 0.3) is 0 Å². The predicted molar refractivity (Wildman–Crippen MR) is 63.9 cm³/mol. The molecule has 0 aromatic heterocycles. The molecule has 1 aromatic carbocycles. The van der Waals surface area contributed by atoms with Crippen LogP contribution in [0, 0.1) is 0 Å². The van der Waals surface area contributed by atoms with Crippen LogP contribution >= 0.6 is 0 Å². The average Bonchev–Trinajstić information content (AvgIpc) is 2.30. The highest BCUT2D eigenvalue weighted by Gasteiger charge is 2.05. The van der Waals surface area contributed by atoms with Gasteiger partial charge in [0, 0.05) is 6.42 Å². The van der Waals surface area contributed by atoms with Crippen molar-refractivity contribution < 1.29 is 9.18 Å². The van der Waals surface area contributed by atoms with Crippen LogP contribution in [0.1, 0.15) is 31.7 Å². The van der Waals surface area contributed by atoms with Crippen molar-refractivity contribution >= 4 is 5.78 Å². The highest BCUT2D eigenvalue weighted by molar-refractivity contribution is 5.93. The molecule has 1 rings (SSSR count). The fourth-order valence-electron chi connectivity index (χ4n) is 1.47. The minimum Gasteiger partial charge on any atom is -0.292 e. The highest BCUT2D eigenvalue weighted by atomic mass is 19.1. The van der Waals surface area contributed by atoms with Crippen molar-refractivity contribution in [3.8, 4) is 0 Å². The first-order chi connectivity index (χ1) is 7.74. The largest absolute Gasteiger partial charge is 0.292 e. The molecule has 0 bridgehead atoms. The van der Waals surface area contributed by atoms with Gasteiger partial charge in [-0.15, -0.1) is 0 Å². The molecule has 0 saturated carbocycles. The molecule has 0 unspecified atom stereocenters. The van der Waals surface area contributed by atoms with E-state index < -0.39 is 5.83 Å². The normalized spacial score (nSPS) is 11.5. The summed E-state index contributed by atoms with van der Waals surface area (Å²) in [6.07, 6.45) is 3.73. The van der Waals surface area contributed by atoms with E-state index in [9.17, 15) is 9.18 Å². The number of hydrogen-bond acceptors (Lipinski definition) is 1. The Morgan fingerprint density at radius 2 is 2.00 bits per heavy atom. The molecule has 0 amide bonds. The van der Waals surface area contributed by atoms with Gasteiger partial charge in [0.2, 0.25) is 0 Å². The Morgan fingerprint density at radius 1 is 1.31 bits per heavy atom. The molecule has 0 aliphatic carbocycles. The van der Waals surface area contributed by atoms with E-state index in [1.54, 1.807) is 0 Å². The molecule has 0 saturated heterocycles. The minimum absolute atomic E-state index is 0.299. The van der Waals surface area contributed by atoms with Crippen molar-refractivity contribution in [2.45, 2.75) is 32.6 Å². The van der Waals surface area contributed by atoms with Gasteiger partial charge in [-0.25, -0.2) is 4.39 Å². The van der Waals surface area contributed by atoms with Crippen LogP contribution in [0.25, 0.3) is 0 Å². The number of carbonyl (C=O) groups is 1. The van der Waals surface area contributed by atoms with Crippen LogP contribution in [0.4, 0.5) is 4.39 Å². The van der Waals surface area contributed by atoms with Crippen LogP contribution in [0.5, 0.6) is 0 Å². The Morgan fingerprint density at radius 3 is 2.62 bits per heavy atom. The molecule has 0 spiro atoms. The third-order valence-electron chi connectivity index (χ3n) is 2.34. The first kappa shape index (κ1) is 12.6. The molecule has 0 aliphatic rings. The number of benzene rings is 1. The third-order valence-corrected chi connectivity index (χ3v) is 2.34. The maximum atomic E-state index is 13.2. The van der Waals surface area contributed by atoms with Crippen LogP contribution in [-0.2, 0) is 11.2 Å². The topological polar surface area (TPSA) is 17.1 Å². The first-order valence-electron chi connectivity index (χ1n) is 5.66. The number of hydrogen-bond donors (Lipinski definition) is 0. The van der Waals surface area contributed by atoms with Gasteiger partial charge in [0.15, 0.2) is 11.6 Å². The van der Waals surface area contributed by atoms with E-state index in [1.807, 2.05) is 37.3 Å². The van der Waals surface area contributed by atoms with E-state index in [4.69, 9.17) is 0 Å². The number of aryl methyl sites for hydroxylation is 1. The lowest BCUT2D eigenvalue weighted by Crippen LogP contribution is -1.97. The van der Waals surface area contributed by atoms with Gasteiger partial charge in [-0.05, 0) is 30.9 Å². The van der Waals surface area contributed by atoms with Crippen molar-refractivity contribution in [2.75, 3.05) is 0 Å². The van der Waals surface area contributed by atoms with Gasteiger partial charge in [0.05, 0.1) is 0 Å². The summed E-state index contributed by atoms with van der Waals surface area (Å²) in [5.74, 6) is -0.964. The summed E-state index contributed by atoms with van der Waals surface area (Å²) in [6, 6.07) is 9.86. The smallest absolute Gasteiger partial charge is 0.190 e. The zero-order valence-electron chi connectivity index (χ0n) is 9.58. The number of carbonyl (C=O) groups excluding carboxylic acids is 1. The number of allylic oxidation sites excluding steroid dienone is 2. The zero-order chi connectivity index (χ0) is 11.8. The first-order valence-corrected chi connectivity index (χ1v) is 5.66. The van der Waals surface area contributed by atoms with Crippen molar-refractivity contribution in [1.29, 1.82) is 0 Å². The van der Waals surface area contributed by atoms with Crippen LogP contribution in [0.15, 0.2) is 42.2 Å². The second kappa shape index (κ2) is 6.94. The molecular formula is C14H17FO. The van der Waals surface area contributed by atoms with Crippen molar-refractivity contribution in [3.05, 3.63) is 47.8 Å². The highest BCUT2D eigenvalue weighted by Crippen LogP contribution is 2.08. The number of halogens is 1. The Hall–Kier alpha value is -1.44. The SMILES string of the molecule is CCCC(=O)/C(F)=C/CCc1ccccc1. The quantitative estimate of drug-likeness (QED) is 0.666. The van der Waals surface area contributed by atoms with Gasteiger partial charge in [0.1, 0.15) is 0 Å². The standard InChI is InChI=1S/C14H17FO/c1-2-7-14(16)13(15)11-6-10-12-8-4-3-5-9-12/h3-5,8-9,11H,2,6-7,10H2,1H3/b13-11-. The lowest BCUT2D eigenvalue weighted by molar-refractivity contribution is -0.117. The Labute approximate surface area is 96.0 Å². The van der Waals surface area contributed by atoms with Crippen molar-refractivity contribution in [2.24, 2.45) is 0 Å². The molecule has 0 N–H and O–H groups in total. The molecule has 0 fully saturated rings. The molecule has 2 heteroatoms.